The SMILES string of the molecule is COCC(N)C(=O)NCCc1ccc(OC)cc1OC. The van der Waals surface area contributed by atoms with Crippen LogP contribution in [-0.4, -0.2) is 46.4 Å². The highest BCUT2D eigenvalue weighted by Gasteiger charge is 2.12. The van der Waals surface area contributed by atoms with Crippen molar-refractivity contribution in [2.75, 3.05) is 34.5 Å². The predicted molar refractivity (Wildman–Crippen MR) is 76.1 cm³/mol. The first-order valence-corrected chi connectivity index (χ1v) is 6.35. The molecule has 1 amide bonds. The first-order valence-electron chi connectivity index (χ1n) is 6.35. The summed E-state index contributed by atoms with van der Waals surface area (Å²) in [7, 11) is 4.71. The minimum Gasteiger partial charge on any atom is -0.497 e. The van der Waals surface area contributed by atoms with Crippen molar-refractivity contribution in [3.8, 4) is 11.5 Å². The number of nitrogens with one attached hydrogen (secondary N) is 1. The summed E-state index contributed by atoms with van der Waals surface area (Å²) in [6.45, 7) is 0.691. The molecule has 1 unspecified atom stereocenters. The van der Waals surface area contributed by atoms with E-state index in [0.29, 0.717) is 13.0 Å². The first kappa shape index (κ1) is 16.3. The van der Waals surface area contributed by atoms with Gasteiger partial charge in [0, 0.05) is 19.7 Å². The van der Waals surface area contributed by atoms with Crippen molar-refractivity contribution in [3.05, 3.63) is 23.8 Å². The number of nitrogens with two attached hydrogens (primary N) is 1. The van der Waals surface area contributed by atoms with Crippen molar-refractivity contribution in [2.45, 2.75) is 12.5 Å². The van der Waals surface area contributed by atoms with Gasteiger partial charge >= 0.3 is 0 Å². The molecule has 3 N–H and O–H groups in total. The number of benzene rings is 1. The molecule has 112 valence electrons. The molecule has 1 aromatic carbocycles. The van der Waals surface area contributed by atoms with Gasteiger partial charge in [-0.3, -0.25) is 4.79 Å². The zero-order valence-corrected chi connectivity index (χ0v) is 12.1. The Morgan fingerprint density at radius 2 is 2.05 bits per heavy atom. The van der Waals surface area contributed by atoms with E-state index in [1.807, 2.05) is 18.2 Å². The lowest BCUT2D eigenvalue weighted by molar-refractivity contribution is -0.123. The van der Waals surface area contributed by atoms with E-state index in [1.165, 1.54) is 7.11 Å². The lowest BCUT2D eigenvalue weighted by Gasteiger charge is -2.13. The molecule has 0 aliphatic heterocycles. The Morgan fingerprint density at radius 3 is 2.65 bits per heavy atom. The summed E-state index contributed by atoms with van der Waals surface area (Å²) in [4.78, 5) is 11.6. The number of methoxy groups -OCH3 is 3. The van der Waals surface area contributed by atoms with Crippen LogP contribution in [0.25, 0.3) is 0 Å². The van der Waals surface area contributed by atoms with Crippen molar-refractivity contribution in [1.82, 2.24) is 5.32 Å². The average Bonchev–Trinajstić information content (AvgIpc) is 2.47. The van der Waals surface area contributed by atoms with Gasteiger partial charge in [0.25, 0.3) is 0 Å². The van der Waals surface area contributed by atoms with Crippen molar-refractivity contribution < 1.29 is 19.0 Å². The third-order valence-electron chi connectivity index (χ3n) is 2.87. The van der Waals surface area contributed by atoms with Gasteiger partial charge in [-0.1, -0.05) is 6.07 Å². The lowest BCUT2D eigenvalue weighted by atomic mass is 10.1. The van der Waals surface area contributed by atoms with Crippen molar-refractivity contribution >= 4 is 5.91 Å². The zero-order chi connectivity index (χ0) is 15.0. The Labute approximate surface area is 119 Å². The normalized spacial score (nSPS) is 11.8. The number of carbonyl (C=O) groups excluding carboxylic acids is 1. The topological polar surface area (TPSA) is 82.8 Å². The van der Waals surface area contributed by atoms with Gasteiger partial charge in [-0.2, -0.15) is 0 Å². The smallest absolute Gasteiger partial charge is 0.239 e. The van der Waals surface area contributed by atoms with Crippen LogP contribution in [-0.2, 0) is 16.0 Å². The van der Waals surface area contributed by atoms with Gasteiger partial charge in [0.2, 0.25) is 5.91 Å². The van der Waals surface area contributed by atoms with Crippen LogP contribution in [0.2, 0.25) is 0 Å². The minimum atomic E-state index is -0.641. The number of ether oxygens (including phenoxy) is 3. The summed E-state index contributed by atoms with van der Waals surface area (Å²) in [5.74, 6) is 1.25. The van der Waals surface area contributed by atoms with Crippen LogP contribution < -0.4 is 20.5 Å². The molecule has 0 aliphatic rings. The Balaban J connectivity index is 2.51. The van der Waals surface area contributed by atoms with E-state index in [0.717, 1.165) is 17.1 Å². The minimum absolute atomic E-state index is 0.206. The number of amides is 1. The van der Waals surface area contributed by atoms with Crippen molar-refractivity contribution in [1.29, 1.82) is 0 Å². The van der Waals surface area contributed by atoms with Crippen LogP contribution in [0.1, 0.15) is 5.56 Å². The molecule has 1 rings (SSSR count). The Morgan fingerprint density at radius 1 is 1.30 bits per heavy atom. The lowest BCUT2D eigenvalue weighted by Crippen LogP contribution is -2.44. The maximum Gasteiger partial charge on any atom is 0.239 e. The van der Waals surface area contributed by atoms with Gasteiger partial charge < -0.3 is 25.3 Å². The third kappa shape index (κ3) is 4.71. The Kier molecular flexibility index (Phi) is 6.83. The van der Waals surface area contributed by atoms with Gasteiger partial charge in [0.05, 0.1) is 20.8 Å². The third-order valence-corrected chi connectivity index (χ3v) is 2.87. The molecular formula is C14H22N2O4. The van der Waals surface area contributed by atoms with Crippen LogP contribution in [0.4, 0.5) is 0 Å². The van der Waals surface area contributed by atoms with E-state index in [9.17, 15) is 4.79 Å². The second-order valence-electron chi connectivity index (χ2n) is 4.28. The van der Waals surface area contributed by atoms with Gasteiger partial charge in [-0.05, 0) is 18.1 Å². The Hall–Kier alpha value is -1.79. The largest absolute Gasteiger partial charge is 0.497 e. The summed E-state index contributed by atoms with van der Waals surface area (Å²) in [6, 6.07) is 4.95. The quantitative estimate of drug-likeness (QED) is 0.718. The summed E-state index contributed by atoms with van der Waals surface area (Å²) < 4.78 is 15.3. The van der Waals surface area contributed by atoms with E-state index >= 15 is 0 Å². The molecule has 0 bridgehead atoms. The van der Waals surface area contributed by atoms with Gasteiger partial charge in [0.1, 0.15) is 17.5 Å². The molecule has 0 aliphatic carbocycles. The summed E-state index contributed by atoms with van der Waals surface area (Å²) >= 11 is 0. The van der Waals surface area contributed by atoms with E-state index < -0.39 is 6.04 Å². The molecule has 0 fully saturated rings. The monoisotopic (exact) mass is 282 g/mol. The van der Waals surface area contributed by atoms with Crippen molar-refractivity contribution in [3.63, 3.8) is 0 Å². The Bertz CT molecular complexity index is 437. The highest BCUT2D eigenvalue weighted by Crippen LogP contribution is 2.24. The summed E-state index contributed by atoms with van der Waals surface area (Å²) in [5.41, 5.74) is 6.62. The molecule has 1 aromatic rings. The fraction of sp³-hybridized carbons (Fsp3) is 0.500. The molecule has 20 heavy (non-hydrogen) atoms. The molecule has 0 aromatic heterocycles. The highest BCUT2D eigenvalue weighted by molar-refractivity contribution is 5.81. The second kappa shape index (κ2) is 8.39. The predicted octanol–water partition coefficient (Wildman–Crippen LogP) is 0.336. The van der Waals surface area contributed by atoms with Crippen LogP contribution in [0.3, 0.4) is 0 Å². The summed E-state index contributed by atoms with van der Waals surface area (Å²) in [6.07, 6.45) is 0.651. The van der Waals surface area contributed by atoms with E-state index in [-0.39, 0.29) is 12.5 Å². The van der Waals surface area contributed by atoms with Gasteiger partial charge in [0.15, 0.2) is 0 Å². The van der Waals surface area contributed by atoms with Crippen LogP contribution in [0.5, 0.6) is 11.5 Å². The van der Waals surface area contributed by atoms with Crippen LogP contribution >= 0.6 is 0 Å². The maximum atomic E-state index is 11.6. The number of hydrogen-bond donors (Lipinski definition) is 2. The molecule has 0 saturated heterocycles. The molecule has 6 heteroatoms. The zero-order valence-electron chi connectivity index (χ0n) is 12.1. The standard InChI is InChI=1S/C14H22N2O4/c1-18-9-12(15)14(17)16-7-6-10-4-5-11(19-2)8-13(10)20-3/h4-5,8,12H,6-7,9,15H2,1-3H3,(H,16,17). The average molecular weight is 282 g/mol. The van der Waals surface area contributed by atoms with Crippen LogP contribution in [0, 0.1) is 0 Å². The summed E-state index contributed by atoms with van der Waals surface area (Å²) in [5, 5.41) is 2.76. The van der Waals surface area contributed by atoms with Crippen molar-refractivity contribution in [2.24, 2.45) is 5.73 Å². The van der Waals surface area contributed by atoms with Crippen LogP contribution in [0.15, 0.2) is 18.2 Å². The van der Waals surface area contributed by atoms with E-state index in [2.05, 4.69) is 5.32 Å². The number of hydrogen-bond acceptors (Lipinski definition) is 5. The number of carbonyl (C=O) groups is 1. The van der Waals surface area contributed by atoms with Gasteiger partial charge in [-0.25, -0.2) is 0 Å². The van der Waals surface area contributed by atoms with E-state index in [1.54, 1.807) is 14.2 Å². The fourth-order valence-corrected chi connectivity index (χ4v) is 1.77. The maximum absolute atomic E-state index is 11.6. The van der Waals surface area contributed by atoms with E-state index in [4.69, 9.17) is 19.9 Å². The molecule has 0 heterocycles. The molecule has 0 radical (unpaired) electrons. The molecule has 1 atom stereocenters. The molecule has 6 nitrogen and oxygen atoms in total. The first-order chi connectivity index (χ1) is 9.62. The fourth-order valence-electron chi connectivity index (χ4n) is 1.77. The molecule has 0 spiro atoms. The molecule has 0 saturated carbocycles. The number of rotatable bonds is 8. The highest BCUT2D eigenvalue weighted by atomic mass is 16.5. The second-order valence-corrected chi connectivity index (χ2v) is 4.28. The molecular weight excluding hydrogens is 260 g/mol. The van der Waals surface area contributed by atoms with Gasteiger partial charge in [-0.15, -0.1) is 0 Å².